The van der Waals surface area contributed by atoms with E-state index in [1.807, 2.05) is 0 Å². The largest absolute Gasteiger partial charge is 0.471 e. The second-order valence-corrected chi connectivity index (χ2v) is 3.77. The Bertz CT molecular complexity index is 405. The number of nitrogens with one attached hydrogen (secondary N) is 1. The molecule has 1 rings (SSSR count). The Kier molecular flexibility index (Phi) is 3.90. The van der Waals surface area contributed by atoms with Crippen LogP contribution in [0.25, 0.3) is 0 Å². The first-order valence-corrected chi connectivity index (χ1v) is 4.89. The van der Waals surface area contributed by atoms with Crippen LogP contribution in [0.2, 0.25) is 0 Å². The summed E-state index contributed by atoms with van der Waals surface area (Å²) in [5.74, 6) is -2.54. The predicted molar refractivity (Wildman–Crippen MR) is 52.0 cm³/mol. The maximum atomic E-state index is 12.6. The van der Waals surface area contributed by atoms with E-state index in [0.29, 0.717) is 10.0 Å². The van der Waals surface area contributed by atoms with Crippen LogP contribution < -0.4 is 5.32 Å². The number of halogens is 5. The van der Waals surface area contributed by atoms with E-state index in [9.17, 15) is 22.4 Å². The van der Waals surface area contributed by atoms with Gasteiger partial charge in [-0.2, -0.15) is 13.2 Å². The van der Waals surface area contributed by atoms with Crippen LogP contribution >= 0.6 is 15.9 Å². The van der Waals surface area contributed by atoms with Crippen LogP contribution in [0.4, 0.5) is 17.6 Å². The second-order valence-electron chi connectivity index (χ2n) is 2.92. The van der Waals surface area contributed by atoms with Gasteiger partial charge in [-0.15, -0.1) is 0 Å². The summed E-state index contributed by atoms with van der Waals surface area (Å²) in [5.41, 5.74) is 0.360. The lowest BCUT2D eigenvalue weighted by atomic mass is 10.2. The van der Waals surface area contributed by atoms with E-state index < -0.39 is 17.9 Å². The summed E-state index contributed by atoms with van der Waals surface area (Å²) in [7, 11) is 0. The summed E-state index contributed by atoms with van der Waals surface area (Å²) in [4.78, 5) is 10.5. The molecule has 1 amide bonds. The predicted octanol–water partition coefficient (Wildman–Crippen LogP) is 2.77. The van der Waals surface area contributed by atoms with Crippen molar-refractivity contribution in [2.24, 2.45) is 0 Å². The zero-order valence-corrected chi connectivity index (χ0v) is 9.32. The summed E-state index contributed by atoms with van der Waals surface area (Å²) < 4.78 is 48.4. The van der Waals surface area contributed by atoms with Crippen molar-refractivity contribution in [1.29, 1.82) is 0 Å². The first kappa shape index (κ1) is 13.0. The molecule has 0 radical (unpaired) electrons. The fourth-order valence-electron chi connectivity index (χ4n) is 0.941. The lowest BCUT2D eigenvalue weighted by molar-refractivity contribution is -0.173. The zero-order chi connectivity index (χ0) is 12.3. The minimum absolute atomic E-state index is 0.301. The lowest BCUT2D eigenvalue weighted by Gasteiger charge is -2.09. The summed E-state index contributed by atoms with van der Waals surface area (Å²) in [6, 6.07) is 3.49. The number of alkyl halides is 3. The monoisotopic (exact) mass is 299 g/mol. The SMILES string of the molecule is O=C(NCc1ccc(F)cc1Br)C(F)(F)F. The molecule has 0 aliphatic rings. The normalized spacial score (nSPS) is 11.3. The van der Waals surface area contributed by atoms with Gasteiger partial charge in [0.25, 0.3) is 0 Å². The van der Waals surface area contributed by atoms with Crippen LogP contribution in [0, 0.1) is 5.82 Å². The van der Waals surface area contributed by atoms with Crippen LogP contribution in [0.3, 0.4) is 0 Å². The van der Waals surface area contributed by atoms with E-state index >= 15 is 0 Å². The van der Waals surface area contributed by atoms with Gasteiger partial charge in [-0.25, -0.2) is 4.39 Å². The molecule has 0 fully saturated rings. The van der Waals surface area contributed by atoms with Gasteiger partial charge in [0.05, 0.1) is 0 Å². The Balaban J connectivity index is 2.65. The van der Waals surface area contributed by atoms with Crippen molar-refractivity contribution in [3.8, 4) is 0 Å². The lowest BCUT2D eigenvalue weighted by Crippen LogP contribution is -2.36. The Morgan fingerprint density at radius 3 is 2.50 bits per heavy atom. The third-order valence-corrected chi connectivity index (χ3v) is 2.45. The van der Waals surface area contributed by atoms with Crippen LogP contribution in [0.1, 0.15) is 5.56 Å². The maximum Gasteiger partial charge on any atom is 0.471 e. The van der Waals surface area contributed by atoms with Crippen LogP contribution in [-0.2, 0) is 11.3 Å². The quantitative estimate of drug-likeness (QED) is 0.836. The average molecular weight is 300 g/mol. The highest BCUT2D eigenvalue weighted by molar-refractivity contribution is 9.10. The number of hydrogen-bond donors (Lipinski definition) is 1. The van der Waals surface area contributed by atoms with E-state index in [4.69, 9.17) is 0 Å². The van der Waals surface area contributed by atoms with Crippen LogP contribution in [0.15, 0.2) is 22.7 Å². The van der Waals surface area contributed by atoms with Gasteiger partial charge in [0.2, 0.25) is 0 Å². The fraction of sp³-hybridized carbons (Fsp3) is 0.222. The smallest absolute Gasteiger partial charge is 0.344 e. The van der Waals surface area contributed by atoms with Crippen molar-refractivity contribution in [2.45, 2.75) is 12.7 Å². The summed E-state index contributed by atoms with van der Waals surface area (Å²) in [5, 5.41) is 1.68. The molecule has 0 unspecified atom stereocenters. The van der Waals surface area contributed by atoms with Gasteiger partial charge in [-0.3, -0.25) is 4.79 Å². The van der Waals surface area contributed by atoms with Gasteiger partial charge in [0.1, 0.15) is 5.82 Å². The van der Waals surface area contributed by atoms with E-state index in [0.717, 1.165) is 12.1 Å². The number of carbonyl (C=O) groups is 1. The molecule has 0 atom stereocenters. The third-order valence-electron chi connectivity index (χ3n) is 1.71. The maximum absolute atomic E-state index is 12.6. The number of amides is 1. The van der Waals surface area contributed by atoms with Gasteiger partial charge >= 0.3 is 12.1 Å². The Morgan fingerprint density at radius 2 is 2.00 bits per heavy atom. The van der Waals surface area contributed by atoms with Gasteiger partial charge in [-0.05, 0) is 17.7 Å². The van der Waals surface area contributed by atoms with Crippen molar-refractivity contribution in [1.82, 2.24) is 5.32 Å². The minimum Gasteiger partial charge on any atom is -0.344 e. The van der Waals surface area contributed by atoms with Crippen molar-refractivity contribution in [2.75, 3.05) is 0 Å². The molecule has 0 aromatic heterocycles. The molecule has 0 heterocycles. The molecule has 1 N–H and O–H groups in total. The second kappa shape index (κ2) is 4.82. The Hall–Kier alpha value is -1.11. The van der Waals surface area contributed by atoms with Crippen molar-refractivity contribution in [3.05, 3.63) is 34.1 Å². The van der Waals surface area contributed by atoms with Gasteiger partial charge in [-0.1, -0.05) is 22.0 Å². The number of benzene rings is 1. The molecule has 0 aliphatic heterocycles. The molecular weight excluding hydrogens is 294 g/mol. The summed E-state index contributed by atoms with van der Waals surface area (Å²) >= 11 is 2.98. The number of hydrogen-bond acceptors (Lipinski definition) is 1. The average Bonchev–Trinajstić information content (AvgIpc) is 2.14. The van der Waals surface area contributed by atoms with E-state index in [2.05, 4.69) is 15.9 Å². The van der Waals surface area contributed by atoms with Crippen molar-refractivity contribution in [3.63, 3.8) is 0 Å². The highest BCUT2D eigenvalue weighted by atomic mass is 79.9. The number of carbonyl (C=O) groups excluding carboxylic acids is 1. The minimum atomic E-state index is -4.91. The van der Waals surface area contributed by atoms with Gasteiger partial charge in [0, 0.05) is 11.0 Å². The van der Waals surface area contributed by atoms with E-state index in [1.165, 1.54) is 6.07 Å². The highest BCUT2D eigenvalue weighted by Crippen LogP contribution is 2.19. The third kappa shape index (κ3) is 3.48. The Labute approximate surface area is 96.8 Å². The topological polar surface area (TPSA) is 29.1 Å². The first-order chi connectivity index (χ1) is 7.30. The molecule has 7 heteroatoms. The molecule has 88 valence electrons. The first-order valence-electron chi connectivity index (χ1n) is 4.09. The Morgan fingerprint density at radius 1 is 1.38 bits per heavy atom. The van der Waals surface area contributed by atoms with E-state index in [-0.39, 0.29) is 6.54 Å². The van der Waals surface area contributed by atoms with Gasteiger partial charge < -0.3 is 5.32 Å². The fourth-order valence-corrected chi connectivity index (χ4v) is 1.43. The van der Waals surface area contributed by atoms with Crippen LogP contribution in [0.5, 0.6) is 0 Å². The van der Waals surface area contributed by atoms with Crippen molar-refractivity contribution >= 4 is 21.8 Å². The summed E-state index contributed by atoms with van der Waals surface area (Å²) in [6.45, 7) is -0.320. The van der Waals surface area contributed by atoms with Crippen molar-refractivity contribution < 1.29 is 22.4 Å². The van der Waals surface area contributed by atoms with E-state index in [1.54, 1.807) is 5.32 Å². The number of rotatable bonds is 2. The molecule has 1 aromatic rings. The van der Waals surface area contributed by atoms with Crippen LogP contribution in [-0.4, -0.2) is 12.1 Å². The molecule has 2 nitrogen and oxygen atoms in total. The molecule has 0 saturated heterocycles. The van der Waals surface area contributed by atoms with Gasteiger partial charge in [0.15, 0.2) is 0 Å². The molecule has 1 aromatic carbocycles. The molecule has 16 heavy (non-hydrogen) atoms. The standard InChI is InChI=1S/C9H6BrF4NO/c10-7-3-6(11)2-1-5(7)4-15-8(16)9(12,13)14/h1-3H,4H2,(H,15,16). The molecule has 0 spiro atoms. The molecule has 0 aliphatic carbocycles. The zero-order valence-electron chi connectivity index (χ0n) is 7.74. The molecule has 0 saturated carbocycles. The highest BCUT2D eigenvalue weighted by Gasteiger charge is 2.38. The summed E-state index contributed by atoms with van der Waals surface area (Å²) in [6.07, 6.45) is -4.91. The molecular formula is C9H6BrF4NO. The molecule has 0 bridgehead atoms.